The molecule has 124 valence electrons. The highest BCUT2D eigenvalue weighted by atomic mass is 35.5. The van der Waals surface area contributed by atoms with Gasteiger partial charge in [0, 0.05) is 21.2 Å². The van der Waals surface area contributed by atoms with E-state index in [1.54, 1.807) is 30.3 Å². The predicted octanol–water partition coefficient (Wildman–Crippen LogP) is 4.14. The van der Waals surface area contributed by atoms with E-state index >= 15 is 0 Å². The van der Waals surface area contributed by atoms with Gasteiger partial charge in [-0.3, -0.25) is 4.72 Å². The molecule has 0 bridgehead atoms. The smallest absolute Gasteiger partial charge is 0.340 e. The van der Waals surface area contributed by atoms with E-state index in [-0.39, 0.29) is 16.1 Å². The first-order valence-electron chi connectivity index (χ1n) is 6.78. The summed E-state index contributed by atoms with van der Waals surface area (Å²) in [7, 11) is -2.69. The molecule has 24 heavy (non-hydrogen) atoms. The lowest BCUT2D eigenvalue weighted by Crippen LogP contribution is -2.15. The summed E-state index contributed by atoms with van der Waals surface area (Å²) in [4.78, 5) is 11.8. The molecule has 0 aliphatic rings. The monoisotopic (exact) mass is 381 g/mol. The molecular formula is C16H12ClNO4S2. The van der Waals surface area contributed by atoms with Crippen molar-refractivity contribution < 1.29 is 17.9 Å². The Labute approximate surface area is 147 Å². The van der Waals surface area contributed by atoms with Gasteiger partial charge in [0.15, 0.2) is 0 Å². The van der Waals surface area contributed by atoms with Crippen molar-refractivity contribution in [2.75, 3.05) is 11.8 Å². The molecule has 1 aromatic heterocycles. The minimum atomic E-state index is -3.93. The fourth-order valence-corrected chi connectivity index (χ4v) is 4.82. The summed E-state index contributed by atoms with van der Waals surface area (Å²) < 4.78 is 32.7. The van der Waals surface area contributed by atoms with Gasteiger partial charge in [0.25, 0.3) is 10.0 Å². The molecule has 0 aliphatic heterocycles. The molecule has 0 unspecified atom stereocenters. The first-order chi connectivity index (χ1) is 11.4. The second-order valence-corrected chi connectivity index (χ2v) is 7.69. The summed E-state index contributed by atoms with van der Waals surface area (Å²) in [6.07, 6.45) is 0. The molecule has 1 heterocycles. The van der Waals surface area contributed by atoms with E-state index in [4.69, 9.17) is 11.6 Å². The second-order valence-electron chi connectivity index (χ2n) is 4.89. The van der Waals surface area contributed by atoms with E-state index in [1.165, 1.54) is 35.3 Å². The van der Waals surface area contributed by atoms with Crippen LogP contribution in [0.3, 0.4) is 0 Å². The topological polar surface area (TPSA) is 72.5 Å². The summed E-state index contributed by atoms with van der Waals surface area (Å²) in [5.74, 6) is -0.607. The van der Waals surface area contributed by atoms with Crippen molar-refractivity contribution in [2.24, 2.45) is 0 Å². The lowest BCUT2D eigenvalue weighted by Gasteiger charge is -2.11. The van der Waals surface area contributed by atoms with Crippen LogP contribution in [0.2, 0.25) is 5.02 Å². The number of benzene rings is 2. The van der Waals surface area contributed by atoms with E-state index in [0.717, 1.165) is 0 Å². The number of thiophene rings is 1. The first kappa shape index (κ1) is 16.8. The zero-order valence-electron chi connectivity index (χ0n) is 12.4. The fourth-order valence-electron chi connectivity index (χ4n) is 2.33. The number of carbonyl (C=O) groups is 1. The Morgan fingerprint density at radius 1 is 1.17 bits per heavy atom. The molecule has 0 saturated heterocycles. The largest absolute Gasteiger partial charge is 0.465 e. The Bertz CT molecular complexity index is 1020. The lowest BCUT2D eigenvalue weighted by atomic mass is 10.1. The highest BCUT2D eigenvalue weighted by Crippen LogP contribution is 2.32. The fraction of sp³-hybridized carbons (Fsp3) is 0.0625. The standard InChI is InChI=1S/C16H12ClNO4S2/c1-22-16(19)11-8-23-9-13(11)18-24(20,21)14-7-3-5-10-4-2-6-12(17)15(10)14/h2-9,18H,1H3. The summed E-state index contributed by atoms with van der Waals surface area (Å²) in [5.41, 5.74) is 0.341. The van der Waals surface area contributed by atoms with Crippen molar-refractivity contribution in [1.29, 1.82) is 0 Å². The summed E-state index contributed by atoms with van der Waals surface area (Å²) in [6.45, 7) is 0. The van der Waals surface area contributed by atoms with Crippen LogP contribution in [0.25, 0.3) is 10.8 Å². The quantitative estimate of drug-likeness (QED) is 0.689. The molecule has 0 saturated carbocycles. The molecule has 3 rings (SSSR count). The number of fused-ring (bicyclic) bond motifs is 1. The predicted molar refractivity (Wildman–Crippen MR) is 95.4 cm³/mol. The maximum atomic E-state index is 12.8. The molecule has 0 radical (unpaired) electrons. The molecule has 3 aromatic rings. The molecule has 0 atom stereocenters. The Balaban J connectivity index is 2.10. The van der Waals surface area contributed by atoms with Crippen LogP contribution in [0.4, 0.5) is 5.69 Å². The highest BCUT2D eigenvalue weighted by molar-refractivity contribution is 7.93. The lowest BCUT2D eigenvalue weighted by molar-refractivity contribution is 0.0602. The first-order valence-corrected chi connectivity index (χ1v) is 9.59. The van der Waals surface area contributed by atoms with Gasteiger partial charge >= 0.3 is 5.97 Å². The third-order valence-electron chi connectivity index (χ3n) is 3.42. The second kappa shape index (κ2) is 6.43. The van der Waals surface area contributed by atoms with Crippen LogP contribution >= 0.6 is 22.9 Å². The van der Waals surface area contributed by atoms with Crippen molar-refractivity contribution in [1.82, 2.24) is 0 Å². The number of carbonyl (C=O) groups excluding carboxylic acids is 1. The number of anilines is 1. The SMILES string of the molecule is COC(=O)c1cscc1NS(=O)(=O)c1cccc2cccc(Cl)c12. The number of hydrogen-bond acceptors (Lipinski definition) is 5. The van der Waals surface area contributed by atoms with Crippen molar-refractivity contribution in [3.63, 3.8) is 0 Å². The molecule has 0 amide bonds. The van der Waals surface area contributed by atoms with Crippen molar-refractivity contribution in [3.05, 3.63) is 57.7 Å². The summed E-state index contributed by atoms with van der Waals surface area (Å²) in [6, 6.07) is 10.1. The molecular weight excluding hydrogens is 370 g/mol. The minimum absolute atomic E-state index is 0.0487. The van der Waals surface area contributed by atoms with Crippen LogP contribution in [-0.4, -0.2) is 21.5 Å². The van der Waals surface area contributed by atoms with Gasteiger partial charge in [-0.25, -0.2) is 13.2 Å². The van der Waals surface area contributed by atoms with Crippen LogP contribution in [0.15, 0.2) is 52.1 Å². The van der Waals surface area contributed by atoms with Gasteiger partial charge < -0.3 is 4.74 Å². The van der Waals surface area contributed by atoms with E-state index in [9.17, 15) is 13.2 Å². The van der Waals surface area contributed by atoms with Gasteiger partial charge in [0.2, 0.25) is 0 Å². The Kier molecular flexibility index (Phi) is 4.49. The Hall–Kier alpha value is -2.09. The van der Waals surface area contributed by atoms with Crippen LogP contribution < -0.4 is 4.72 Å². The zero-order valence-corrected chi connectivity index (χ0v) is 14.8. The summed E-state index contributed by atoms with van der Waals surface area (Å²) >= 11 is 7.39. The minimum Gasteiger partial charge on any atom is -0.465 e. The van der Waals surface area contributed by atoms with Crippen molar-refractivity contribution >= 4 is 55.4 Å². The van der Waals surface area contributed by atoms with E-state index in [1.807, 2.05) is 0 Å². The van der Waals surface area contributed by atoms with E-state index < -0.39 is 16.0 Å². The van der Waals surface area contributed by atoms with E-state index in [0.29, 0.717) is 15.8 Å². The number of rotatable bonds is 4. The molecule has 0 fully saturated rings. The van der Waals surface area contributed by atoms with Crippen molar-refractivity contribution in [3.8, 4) is 0 Å². The molecule has 0 spiro atoms. The number of esters is 1. The van der Waals surface area contributed by atoms with Gasteiger partial charge in [-0.2, -0.15) is 0 Å². The van der Waals surface area contributed by atoms with Gasteiger partial charge in [-0.1, -0.05) is 35.9 Å². The number of nitrogens with one attached hydrogen (secondary N) is 1. The number of ether oxygens (including phenoxy) is 1. The van der Waals surface area contributed by atoms with Gasteiger partial charge in [0.05, 0.1) is 23.3 Å². The number of sulfonamides is 1. The Morgan fingerprint density at radius 3 is 2.58 bits per heavy atom. The third-order valence-corrected chi connectivity index (χ3v) is 5.88. The average Bonchev–Trinajstić information content (AvgIpc) is 3.01. The average molecular weight is 382 g/mol. The highest BCUT2D eigenvalue weighted by Gasteiger charge is 2.22. The number of halogens is 1. The van der Waals surface area contributed by atoms with Crippen molar-refractivity contribution in [2.45, 2.75) is 4.90 Å². The zero-order chi connectivity index (χ0) is 17.3. The van der Waals surface area contributed by atoms with Gasteiger partial charge in [-0.15, -0.1) is 11.3 Å². The molecule has 0 aliphatic carbocycles. The maximum absolute atomic E-state index is 12.8. The van der Waals surface area contributed by atoms with Gasteiger partial charge in [-0.05, 0) is 17.5 Å². The van der Waals surface area contributed by atoms with E-state index in [2.05, 4.69) is 9.46 Å². The summed E-state index contributed by atoms with van der Waals surface area (Å²) in [5, 5.41) is 4.55. The van der Waals surface area contributed by atoms with Gasteiger partial charge in [0.1, 0.15) is 0 Å². The molecule has 2 aromatic carbocycles. The molecule has 8 heteroatoms. The van der Waals surface area contributed by atoms with Crippen LogP contribution in [0.5, 0.6) is 0 Å². The van der Waals surface area contributed by atoms with Crippen LogP contribution in [0, 0.1) is 0 Å². The molecule has 1 N–H and O–H groups in total. The van der Waals surface area contributed by atoms with Crippen LogP contribution in [0.1, 0.15) is 10.4 Å². The number of methoxy groups -OCH3 is 1. The molecule has 5 nitrogen and oxygen atoms in total. The normalized spacial score (nSPS) is 11.4. The Morgan fingerprint density at radius 2 is 1.88 bits per heavy atom. The maximum Gasteiger partial charge on any atom is 0.340 e. The third kappa shape index (κ3) is 2.98. The number of hydrogen-bond donors (Lipinski definition) is 1. The van der Waals surface area contributed by atoms with Crippen LogP contribution in [-0.2, 0) is 14.8 Å².